The smallest absolute Gasteiger partial charge is 0.313 e. The van der Waals surface area contributed by atoms with E-state index in [1.54, 1.807) is 29.2 Å². The summed E-state index contributed by atoms with van der Waals surface area (Å²) in [6.07, 6.45) is 0. The Balaban J connectivity index is 2.37. The number of rotatable bonds is 1. The van der Waals surface area contributed by atoms with Gasteiger partial charge in [-0.25, -0.2) is 9.18 Å². The van der Waals surface area contributed by atoms with Gasteiger partial charge in [0.1, 0.15) is 5.82 Å². The van der Waals surface area contributed by atoms with Crippen molar-refractivity contribution < 1.29 is 4.39 Å². The molecule has 0 aliphatic carbocycles. The third-order valence-electron chi connectivity index (χ3n) is 3.49. The van der Waals surface area contributed by atoms with Gasteiger partial charge in [-0.1, -0.05) is 0 Å². The molecule has 5 heteroatoms. The number of benzene rings is 1. The van der Waals surface area contributed by atoms with Crippen LogP contribution in [0.2, 0.25) is 0 Å². The summed E-state index contributed by atoms with van der Waals surface area (Å²) in [4.78, 5) is 12.1. The summed E-state index contributed by atoms with van der Waals surface area (Å²) in [6, 6.07) is 3.34. The lowest BCUT2D eigenvalue weighted by Crippen LogP contribution is -2.46. The fourth-order valence-electron chi connectivity index (χ4n) is 2.29. The quantitative estimate of drug-likeness (QED) is 0.798. The molecule has 0 radical (unpaired) electrons. The van der Waals surface area contributed by atoms with E-state index in [1.807, 2.05) is 0 Å². The monoisotopic (exact) mass is 235 g/mol. The Morgan fingerprint density at radius 3 is 2.65 bits per heavy atom. The van der Waals surface area contributed by atoms with Crippen LogP contribution in [0.5, 0.6) is 0 Å². The third kappa shape index (κ3) is 1.35. The van der Waals surface area contributed by atoms with Crippen molar-refractivity contribution in [1.82, 2.24) is 14.5 Å². The van der Waals surface area contributed by atoms with Crippen molar-refractivity contribution in [3.8, 4) is 0 Å². The second kappa shape index (κ2) is 3.43. The number of fused-ring (bicyclic) bond motifs is 1. The van der Waals surface area contributed by atoms with Crippen LogP contribution < -0.4 is 11.0 Å². The molecule has 1 aromatic heterocycles. The second-order valence-electron chi connectivity index (χ2n) is 4.61. The molecule has 2 heterocycles. The highest BCUT2D eigenvalue weighted by Crippen LogP contribution is 2.22. The van der Waals surface area contributed by atoms with Crippen molar-refractivity contribution >= 4 is 11.0 Å². The molecule has 0 unspecified atom stereocenters. The summed E-state index contributed by atoms with van der Waals surface area (Å²) >= 11 is 0. The van der Waals surface area contributed by atoms with E-state index in [0.29, 0.717) is 11.1 Å². The molecule has 0 atom stereocenters. The Labute approximate surface area is 97.7 Å². The van der Waals surface area contributed by atoms with E-state index < -0.39 is 0 Å². The highest BCUT2D eigenvalue weighted by Gasteiger charge is 2.24. The lowest BCUT2D eigenvalue weighted by atomic mass is 10.1. The topological polar surface area (TPSA) is 39.0 Å². The molecular formula is C12H14FN3O. The van der Waals surface area contributed by atoms with E-state index in [9.17, 15) is 9.18 Å². The van der Waals surface area contributed by atoms with Gasteiger partial charge in [-0.3, -0.25) is 9.13 Å². The van der Waals surface area contributed by atoms with Crippen LogP contribution in [0, 0.1) is 12.7 Å². The van der Waals surface area contributed by atoms with Gasteiger partial charge in [0.2, 0.25) is 0 Å². The summed E-state index contributed by atoms with van der Waals surface area (Å²) in [5.74, 6) is -0.260. The lowest BCUT2D eigenvalue weighted by molar-refractivity contribution is 0.341. The number of nitrogens with one attached hydrogen (secondary N) is 1. The van der Waals surface area contributed by atoms with Crippen molar-refractivity contribution in [2.75, 3.05) is 13.1 Å². The van der Waals surface area contributed by atoms with E-state index in [-0.39, 0.29) is 17.5 Å². The maximum absolute atomic E-state index is 13.6. The number of halogens is 1. The molecule has 3 rings (SSSR count). The largest absolute Gasteiger partial charge is 0.329 e. The summed E-state index contributed by atoms with van der Waals surface area (Å²) in [7, 11) is 1.73. The molecular weight excluding hydrogens is 221 g/mol. The van der Waals surface area contributed by atoms with Gasteiger partial charge in [-0.15, -0.1) is 0 Å². The van der Waals surface area contributed by atoms with E-state index >= 15 is 0 Å². The number of aryl methyl sites for hydroxylation is 2. The molecule has 2 aromatic rings. The van der Waals surface area contributed by atoms with Crippen LogP contribution in [-0.4, -0.2) is 22.2 Å². The predicted molar refractivity (Wildman–Crippen MR) is 63.8 cm³/mol. The molecule has 1 fully saturated rings. The molecule has 17 heavy (non-hydrogen) atoms. The molecule has 1 aliphatic rings. The Kier molecular flexibility index (Phi) is 2.13. The minimum absolute atomic E-state index is 0.0727. The van der Waals surface area contributed by atoms with E-state index in [2.05, 4.69) is 5.32 Å². The van der Waals surface area contributed by atoms with Crippen molar-refractivity contribution in [2.45, 2.75) is 13.0 Å². The zero-order valence-electron chi connectivity index (χ0n) is 9.83. The Morgan fingerprint density at radius 2 is 2.06 bits per heavy atom. The summed E-state index contributed by atoms with van der Waals surface area (Å²) in [5, 5.41) is 3.12. The highest BCUT2D eigenvalue weighted by atomic mass is 19.1. The Hall–Kier alpha value is -1.62. The molecule has 4 nitrogen and oxygen atoms in total. The number of nitrogens with zero attached hydrogens (tertiary/aromatic N) is 2. The SMILES string of the molecule is Cc1cc2c(cc1F)n(C1CNC1)c(=O)n2C. The van der Waals surface area contributed by atoms with Crippen molar-refractivity contribution in [3.05, 3.63) is 34.0 Å². The average Bonchev–Trinajstić information content (AvgIpc) is 2.44. The van der Waals surface area contributed by atoms with Crippen LogP contribution in [0.4, 0.5) is 4.39 Å². The fraction of sp³-hybridized carbons (Fsp3) is 0.417. The number of imidazole rings is 1. The zero-order chi connectivity index (χ0) is 12.2. The van der Waals surface area contributed by atoms with Crippen LogP contribution in [-0.2, 0) is 7.05 Å². The van der Waals surface area contributed by atoms with Crippen LogP contribution >= 0.6 is 0 Å². The molecule has 1 N–H and O–H groups in total. The van der Waals surface area contributed by atoms with Crippen molar-refractivity contribution in [1.29, 1.82) is 0 Å². The first-order chi connectivity index (χ1) is 8.09. The number of hydrogen-bond donors (Lipinski definition) is 1. The van der Waals surface area contributed by atoms with Gasteiger partial charge in [0, 0.05) is 26.2 Å². The first-order valence-electron chi connectivity index (χ1n) is 5.67. The standard InChI is InChI=1S/C12H14FN3O/c1-7-3-10-11(4-9(7)13)16(8-5-14-6-8)12(17)15(10)2/h3-4,8,14H,5-6H2,1-2H3. The number of hydrogen-bond acceptors (Lipinski definition) is 2. The molecule has 0 spiro atoms. The molecule has 1 saturated heterocycles. The van der Waals surface area contributed by atoms with Crippen LogP contribution in [0.25, 0.3) is 11.0 Å². The van der Waals surface area contributed by atoms with Crippen LogP contribution in [0.15, 0.2) is 16.9 Å². The molecule has 0 saturated carbocycles. The van der Waals surface area contributed by atoms with Gasteiger partial charge < -0.3 is 5.32 Å². The first-order valence-corrected chi connectivity index (χ1v) is 5.67. The predicted octanol–water partition coefficient (Wildman–Crippen LogP) is 0.932. The first kappa shape index (κ1) is 10.5. The van der Waals surface area contributed by atoms with Gasteiger partial charge >= 0.3 is 5.69 Å². The minimum Gasteiger partial charge on any atom is -0.313 e. The third-order valence-corrected chi connectivity index (χ3v) is 3.49. The normalized spacial score (nSPS) is 16.4. The van der Waals surface area contributed by atoms with Crippen molar-refractivity contribution in [3.63, 3.8) is 0 Å². The van der Waals surface area contributed by atoms with Gasteiger partial charge in [0.05, 0.1) is 17.1 Å². The van der Waals surface area contributed by atoms with E-state index in [0.717, 1.165) is 18.6 Å². The lowest BCUT2D eigenvalue weighted by Gasteiger charge is -2.28. The molecule has 1 aromatic carbocycles. The maximum Gasteiger partial charge on any atom is 0.329 e. The minimum atomic E-state index is -0.260. The molecule has 1 aliphatic heterocycles. The zero-order valence-corrected chi connectivity index (χ0v) is 9.83. The van der Waals surface area contributed by atoms with Gasteiger partial charge in [0.15, 0.2) is 0 Å². The van der Waals surface area contributed by atoms with Crippen LogP contribution in [0.3, 0.4) is 0 Å². The second-order valence-corrected chi connectivity index (χ2v) is 4.61. The van der Waals surface area contributed by atoms with Crippen molar-refractivity contribution in [2.24, 2.45) is 7.05 Å². The summed E-state index contributed by atoms with van der Waals surface area (Å²) in [6.45, 7) is 3.25. The maximum atomic E-state index is 13.6. The van der Waals surface area contributed by atoms with E-state index in [1.165, 1.54) is 6.07 Å². The van der Waals surface area contributed by atoms with Crippen LogP contribution in [0.1, 0.15) is 11.6 Å². The molecule has 0 amide bonds. The van der Waals surface area contributed by atoms with E-state index in [4.69, 9.17) is 0 Å². The Morgan fingerprint density at radius 1 is 1.35 bits per heavy atom. The fourth-order valence-corrected chi connectivity index (χ4v) is 2.29. The highest BCUT2D eigenvalue weighted by molar-refractivity contribution is 5.77. The van der Waals surface area contributed by atoms with Gasteiger partial charge in [0.25, 0.3) is 0 Å². The molecule has 90 valence electrons. The summed E-state index contributed by atoms with van der Waals surface area (Å²) < 4.78 is 16.9. The average molecular weight is 235 g/mol. The summed E-state index contributed by atoms with van der Waals surface area (Å²) in [5.41, 5.74) is 1.97. The van der Waals surface area contributed by atoms with Gasteiger partial charge in [-0.2, -0.15) is 0 Å². The number of aromatic nitrogens is 2. The molecule has 0 bridgehead atoms. The Bertz CT molecular complexity index is 652. The van der Waals surface area contributed by atoms with Gasteiger partial charge in [-0.05, 0) is 18.6 Å².